The fourth-order valence-electron chi connectivity index (χ4n) is 3.94. The number of nitrogens with one attached hydrogen (secondary N) is 1. The molecule has 33 heavy (non-hydrogen) atoms. The van der Waals surface area contributed by atoms with Gasteiger partial charge in [0.25, 0.3) is 5.91 Å². The summed E-state index contributed by atoms with van der Waals surface area (Å²) in [7, 11) is 5.59. The largest absolute Gasteiger partial charge is 0.872 e. The van der Waals surface area contributed by atoms with Crippen molar-refractivity contribution in [3.05, 3.63) is 63.6 Å². The normalized spacial score (nSPS) is 17.6. The number of amides is 1. The predicted octanol–water partition coefficient (Wildman–Crippen LogP) is 1.61. The number of likely N-dealkylation sites (tertiary alicyclic amines) is 1. The number of ether oxygens (including phenoxy) is 2. The molecule has 1 atom stereocenters. The third-order valence-corrected chi connectivity index (χ3v) is 6.04. The van der Waals surface area contributed by atoms with Crippen molar-refractivity contribution in [2.45, 2.75) is 19.4 Å². The first-order chi connectivity index (χ1) is 15.8. The molecule has 1 saturated heterocycles. The van der Waals surface area contributed by atoms with Crippen molar-refractivity contribution < 1.29 is 29.1 Å². The molecule has 1 fully saturated rings. The highest BCUT2D eigenvalue weighted by Gasteiger charge is 2.44. The van der Waals surface area contributed by atoms with Crippen molar-refractivity contribution in [3.63, 3.8) is 0 Å². The number of ketones is 1. The zero-order valence-electron chi connectivity index (χ0n) is 19.3. The maximum absolute atomic E-state index is 13.4. The van der Waals surface area contributed by atoms with Gasteiger partial charge in [0, 0.05) is 23.0 Å². The smallest absolute Gasteiger partial charge is 0.295 e. The van der Waals surface area contributed by atoms with E-state index in [4.69, 9.17) is 9.47 Å². The van der Waals surface area contributed by atoms with Crippen LogP contribution in [0.5, 0.6) is 11.5 Å². The second kappa shape index (κ2) is 10.9. The van der Waals surface area contributed by atoms with E-state index in [1.54, 1.807) is 42.5 Å². The van der Waals surface area contributed by atoms with Gasteiger partial charge >= 0.3 is 0 Å². The highest BCUT2D eigenvalue weighted by atomic mass is 79.9. The van der Waals surface area contributed by atoms with E-state index in [1.807, 2.05) is 21.0 Å². The molecule has 1 unspecified atom stereocenters. The Morgan fingerprint density at radius 3 is 2.42 bits per heavy atom. The van der Waals surface area contributed by atoms with E-state index < -0.39 is 23.5 Å². The molecule has 0 spiro atoms. The first kappa shape index (κ1) is 24.8. The van der Waals surface area contributed by atoms with Crippen LogP contribution in [-0.4, -0.2) is 57.5 Å². The summed E-state index contributed by atoms with van der Waals surface area (Å²) in [5.74, 6) is -0.809. The van der Waals surface area contributed by atoms with E-state index in [2.05, 4.69) is 15.9 Å². The van der Waals surface area contributed by atoms with Gasteiger partial charge in [0.15, 0.2) is 11.5 Å². The van der Waals surface area contributed by atoms with Crippen LogP contribution in [0.15, 0.2) is 52.5 Å². The number of nitrogens with zero attached hydrogens (tertiary/aromatic N) is 1. The number of rotatable bonds is 9. The standard InChI is InChI=1S/C25H29BrN2O5/c1-5-33-19-12-9-17(15-20(19)32-4)22-21(23(29)16-7-10-18(26)11-8-16)24(30)25(31)28(22)14-6-13-27(2)3/h7-12,15,22,29H,5-6,13-14H2,1-4H3. The zero-order valence-corrected chi connectivity index (χ0v) is 20.9. The van der Waals surface area contributed by atoms with Gasteiger partial charge in [0.1, 0.15) is 0 Å². The number of hydrogen-bond acceptors (Lipinski definition) is 5. The second-order valence-corrected chi connectivity index (χ2v) is 9.05. The zero-order chi connectivity index (χ0) is 24.1. The minimum atomic E-state index is -0.789. The summed E-state index contributed by atoms with van der Waals surface area (Å²) in [6.45, 7) is 3.54. The average Bonchev–Trinajstić information content (AvgIpc) is 3.04. The summed E-state index contributed by atoms with van der Waals surface area (Å²) in [5.41, 5.74) is 0.953. The van der Waals surface area contributed by atoms with Crippen LogP contribution >= 0.6 is 15.9 Å². The highest BCUT2D eigenvalue weighted by molar-refractivity contribution is 9.10. The molecule has 1 N–H and O–H groups in total. The first-order valence-electron chi connectivity index (χ1n) is 10.9. The van der Waals surface area contributed by atoms with Crippen molar-refractivity contribution in [2.24, 2.45) is 0 Å². The molecule has 0 radical (unpaired) electrons. The number of carbonyl (C=O) groups excluding carboxylic acids is 2. The Balaban J connectivity index is 2.12. The van der Waals surface area contributed by atoms with E-state index in [0.717, 1.165) is 11.0 Å². The first-order valence-corrected chi connectivity index (χ1v) is 11.7. The molecular formula is C25H29BrN2O5. The van der Waals surface area contributed by atoms with Crippen LogP contribution in [0.1, 0.15) is 30.5 Å². The molecule has 3 rings (SSSR count). The Hall–Kier alpha value is -2.84. The summed E-state index contributed by atoms with van der Waals surface area (Å²) < 4.78 is 11.9. The molecule has 0 bridgehead atoms. The van der Waals surface area contributed by atoms with E-state index in [9.17, 15) is 14.7 Å². The molecule has 1 amide bonds. The number of quaternary nitrogens is 1. The molecule has 8 heteroatoms. The molecule has 7 nitrogen and oxygen atoms in total. The van der Waals surface area contributed by atoms with Gasteiger partial charge in [-0.25, -0.2) is 0 Å². The molecule has 2 aromatic carbocycles. The lowest BCUT2D eigenvalue weighted by Gasteiger charge is -2.28. The van der Waals surface area contributed by atoms with Gasteiger partial charge in [-0.15, -0.1) is 0 Å². The molecule has 176 valence electrons. The maximum atomic E-state index is 13.4. The predicted molar refractivity (Wildman–Crippen MR) is 127 cm³/mol. The Labute approximate surface area is 202 Å². The number of methoxy groups -OCH3 is 1. The molecule has 2 aromatic rings. The Morgan fingerprint density at radius 2 is 1.82 bits per heavy atom. The van der Waals surface area contributed by atoms with Crippen molar-refractivity contribution in [1.82, 2.24) is 4.90 Å². The Kier molecular flexibility index (Phi) is 8.15. The van der Waals surface area contributed by atoms with Gasteiger partial charge in [0.05, 0.1) is 40.4 Å². The van der Waals surface area contributed by atoms with Crippen LogP contribution in [0, 0.1) is 0 Å². The van der Waals surface area contributed by atoms with Crippen molar-refractivity contribution in [3.8, 4) is 11.5 Å². The second-order valence-electron chi connectivity index (χ2n) is 8.13. The molecule has 1 aliphatic heterocycles. The lowest BCUT2D eigenvalue weighted by Crippen LogP contribution is -3.05. The van der Waals surface area contributed by atoms with Crippen LogP contribution in [-0.2, 0) is 9.59 Å². The summed E-state index contributed by atoms with van der Waals surface area (Å²) in [4.78, 5) is 28.8. The summed E-state index contributed by atoms with van der Waals surface area (Å²) in [6, 6.07) is 11.2. The van der Waals surface area contributed by atoms with E-state index >= 15 is 0 Å². The van der Waals surface area contributed by atoms with Crippen LogP contribution in [0.25, 0.3) is 5.76 Å². The summed E-state index contributed by atoms with van der Waals surface area (Å²) in [6.07, 6.45) is 0.700. The summed E-state index contributed by atoms with van der Waals surface area (Å²) >= 11 is 3.36. The average molecular weight is 517 g/mol. The molecule has 1 aliphatic rings. The Bertz CT molecular complexity index is 1050. The number of halogens is 1. The van der Waals surface area contributed by atoms with E-state index in [-0.39, 0.29) is 5.57 Å². The fourth-order valence-corrected chi connectivity index (χ4v) is 4.20. The van der Waals surface area contributed by atoms with Gasteiger partial charge in [-0.05, 0) is 42.3 Å². The monoisotopic (exact) mass is 516 g/mol. The molecule has 0 aliphatic carbocycles. The van der Waals surface area contributed by atoms with Gasteiger partial charge in [-0.2, -0.15) is 0 Å². The fraction of sp³-hybridized carbons (Fsp3) is 0.360. The number of hydrogen-bond donors (Lipinski definition) is 1. The van der Waals surface area contributed by atoms with Crippen LogP contribution in [0.4, 0.5) is 0 Å². The molecule has 1 heterocycles. The van der Waals surface area contributed by atoms with E-state index in [1.165, 1.54) is 16.9 Å². The minimum absolute atomic E-state index is 0.0364. The number of carbonyl (C=O) groups is 2. The minimum Gasteiger partial charge on any atom is -0.872 e. The van der Waals surface area contributed by atoms with Gasteiger partial charge in [0.2, 0.25) is 5.78 Å². The van der Waals surface area contributed by atoms with Crippen LogP contribution in [0.3, 0.4) is 0 Å². The highest BCUT2D eigenvalue weighted by Crippen LogP contribution is 2.41. The van der Waals surface area contributed by atoms with Crippen LogP contribution < -0.4 is 19.5 Å². The lowest BCUT2D eigenvalue weighted by atomic mass is 9.95. The molecular weight excluding hydrogens is 488 g/mol. The SMILES string of the molecule is CCOc1ccc(C2C(=C([O-])c3ccc(Br)cc3)C(=O)C(=O)N2CCC[NH+](C)C)cc1OC. The number of Topliss-reactive ketones (excluding diaryl/α,β-unsaturated/α-hetero) is 1. The summed E-state index contributed by atoms with van der Waals surface area (Å²) in [5, 5.41) is 13.4. The number of benzene rings is 2. The lowest BCUT2D eigenvalue weighted by molar-refractivity contribution is -0.858. The van der Waals surface area contributed by atoms with Gasteiger partial charge < -0.3 is 24.4 Å². The third kappa shape index (κ3) is 5.39. The van der Waals surface area contributed by atoms with Gasteiger partial charge in [-0.1, -0.05) is 39.9 Å². The maximum Gasteiger partial charge on any atom is 0.295 e. The molecule has 0 aromatic heterocycles. The third-order valence-electron chi connectivity index (χ3n) is 5.51. The van der Waals surface area contributed by atoms with Crippen molar-refractivity contribution in [2.75, 3.05) is 40.9 Å². The van der Waals surface area contributed by atoms with Crippen LogP contribution in [0.2, 0.25) is 0 Å². The van der Waals surface area contributed by atoms with Crippen molar-refractivity contribution in [1.29, 1.82) is 0 Å². The topological polar surface area (TPSA) is 83.3 Å². The van der Waals surface area contributed by atoms with Crippen molar-refractivity contribution >= 4 is 33.4 Å². The van der Waals surface area contributed by atoms with Gasteiger partial charge in [-0.3, -0.25) is 9.59 Å². The Morgan fingerprint density at radius 1 is 1.12 bits per heavy atom. The quantitative estimate of drug-likeness (QED) is 0.311. The molecule has 0 saturated carbocycles. The van der Waals surface area contributed by atoms with E-state index in [0.29, 0.717) is 42.2 Å².